The van der Waals surface area contributed by atoms with Gasteiger partial charge in [-0.2, -0.15) is 0 Å². The van der Waals surface area contributed by atoms with E-state index in [0.717, 1.165) is 25.7 Å². The zero-order valence-electron chi connectivity index (χ0n) is 25.4. The quantitative estimate of drug-likeness (QED) is 0.228. The van der Waals surface area contributed by atoms with Gasteiger partial charge < -0.3 is 14.3 Å². The van der Waals surface area contributed by atoms with Gasteiger partial charge in [-0.05, 0) is 65.4 Å². The van der Waals surface area contributed by atoms with Gasteiger partial charge in [-0.1, -0.05) is 81.4 Å². The van der Waals surface area contributed by atoms with Crippen LogP contribution in [0.5, 0.6) is 0 Å². The van der Waals surface area contributed by atoms with Crippen molar-refractivity contribution in [2.45, 2.75) is 63.6 Å². The molecule has 0 atom stereocenters. The molecular formula is C36H38N4O3Si. The normalized spacial score (nSPS) is 17.3. The number of hydrogen-bond donors (Lipinski definition) is 1. The fraction of sp³-hybridized carbons (Fsp3) is 0.278. The Kier molecular flexibility index (Phi) is 8.29. The van der Waals surface area contributed by atoms with Crippen LogP contribution in [0.2, 0.25) is 5.04 Å². The molecule has 0 bridgehead atoms. The van der Waals surface area contributed by atoms with Crippen molar-refractivity contribution in [3.8, 4) is 0 Å². The summed E-state index contributed by atoms with van der Waals surface area (Å²) in [5.41, 5.74) is 0.977. The molecular weight excluding hydrogens is 565 g/mol. The molecule has 1 fully saturated rings. The monoisotopic (exact) mass is 602 g/mol. The van der Waals surface area contributed by atoms with Gasteiger partial charge in [-0.25, -0.2) is 4.98 Å². The number of pyridine rings is 3. The van der Waals surface area contributed by atoms with E-state index in [4.69, 9.17) is 4.43 Å². The van der Waals surface area contributed by atoms with Crippen molar-refractivity contribution in [2.75, 3.05) is 5.32 Å². The molecule has 0 spiro atoms. The Bertz CT molecular complexity index is 1760. The lowest BCUT2D eigenvalue weighted by Gasteiger charge is -2.46. The summed E-state index contributed by atoms with van der Waals surface area (Å²) in [6.45, 7) is 6.92. The summed E-state index contributed by atoms with van der Waals surface area (Å²) < 4.78 is 9.47. The average molecular weight is 603 g/mol. The number of fused-ring (bicyclic) bond motifs is 1. The Morgan fingerprint density at radius 1 is 0.841 bits per heavy atom. The van der Waals surface area contributed by atoms with Gasteiger partial charge in [0.1, 0.15) is 11.2 Å². The summed E-state index contributed by atoms with van der Waals surface area (Å²) in [6.07, 6.45) is 10.1. The molecule has 0 unspecified atom stereocenters. The van der Waals surface area contributed by atoms with Crippen molar-refractivity contribution in [1.29, 1.82) is 0 Å². The molecule has 5 aromatic rings. The van der Waals surface area contributed by atoms with Crippen molar-refractivity contribution in [2.24, 2.45) is 0 Å². The topological polar surface area (TPSA) is 86.1 Å². The fourth-order valence-corrected chi connectivity index (χ4v) is 11.4. The van der Waals surface area contributed by atoms with Gasteiger partial charge >= 0.3 is 0 Å². The van der Waals surface area contributed by atoms with E-state index >= 15 is 0 Å². The first-order valence-corrected chi connectivity index (χ1v) is 17.2. The SMILES string of the molecule is CC(C)(C)[Si](OC1CCC(n2cc(C(=O)Nc3ccncc3)c(=O)c3cccnc32)CC1)(c1ccccc1)c1ccccc1. The van der Waals surface area contributed by atoms with Crippen LogP contribution in [0, 0.1) is 0 Å². The van der Waals surface area contributed by atoms with E-state index in [1.807, 2.05) is 4.57 Å². The van der Waals surface area contributed by atoms with Gasteiger partial charge in [0.25, 0.3) is 14.2 Å². The Morgan fingerprint density at radius 3 is 2.05 bits per heavy atom. The molecule has 1 aliphatic carbocycles. The molecule has 224 valence electrons. The maximum Gasteiger partial charge on any atom is 0.261 e. The Labute approximate surface area is 259 Å². The van der Waals surface area contributed by atoms with Gasteiger partial charge in [0.05, 0.1) is 5.39 Å². The maximum absolute atomic E-state index is 13.4. The van der Waals surface area contributed by atoms with Crippen molar-refractivity contribution in [3.63, 3.8) is 0 Å². The number of carbonyl (C=O) groups excluding carboxylic acids is 1. The predicted octanol–water partition coefficient (Wildman–Crippen LogP) is 6.10. The minimum Gasteiger partial charge on any atom is -0.404 e. The largest absolute Gasteiger partial charge is 0.404 e. The number of amides is 1. The molecule has 3 aromatic heterocycles. The first-order chi connectivity index (χ1) is 21.3. The van der Waals surface area contributed by atoms with Crippen LogP contribution in [-0.4, -0.2) is 34.9 Å². The second kappa shape index (κ2) is 12.3. The van der Waals surface area contributed by atoms with Gasteiger partial charge in [0, 0.05) is 42.6 Å². The van der Waals surface area contributed by atoms with Crippen LogP contribution >= 0.6 is 0 Å². The molecule has 0 aliphatic heterocycles. The standard InChI is InChI=1S/C36H38N4O3Si/c1-36(2,3)44(29-11-6-4-7-12-29,30-13-8-5-9-14-30)43-28-18-16-27(17-19-28)40-25-32(33(41)31-15-10-22-38-34(31)40)35(42)39-26-20-23-37-24-21-26/h4-15,20-25,27-28H,16-19H2,1-3H3,(H,37,39,42). The smallest absolute Gasteiger partial charge is 0.261 e. The van der Waals surface area contributed by atoms with E-state index in [1.165, 1.54) is 10.4 Å². The molecule has 3 heterocycles. The van der Waals surface area contributed by atoms with Crippen LogP contribution in [0.25, 0.3) is 11.0 Å². The van der Waals surface area contributed by atoms with Crippen LogP contribution < -0.4 is 21.1 Å². The van der Waals surface area contributed by atoms with Gasteiger partial charge in [-0.15, -0.1) is 0 Å². The highest BCUT2D eigenvalue weighted by atomic mass is 28.4. The minimum absolute atomic E-state index is 0.0829. The highest BCUT2D eigenvalue weighted by molar-refractivity contribution is 6.99. The summed E-state index contributed by atoms with van der Waals surface area (Å²) in [6, 6.07) is 28.5. The van der Waals surface area contributed by atoms with Crippen LogP contribution in [-0.2, 0) is 4.43 Å². The summed E-state index contributed by atoms with van der Waals surface area (Å²) in [5, 5.41) is 5.75. The number of aromatic nitrogens is 3. The molecule has 0 saturated heterocycles. The third kappa shape index (κ3) is 5.63. The number of anilines is 1. The van der Waals surface area contributed by atoms with E-state index in [0.29, 0.717) is 16.7 Å². The Balaban J connectivity index is 1.30. The van der Waals surface area contributed by atoms with E-state index in [1.54, 1.807) is 49.1 Å². The van der Waals surface area contributed by atoms with Crippen molar-refractivity contribution >= 4 is 41.3 Å². The third-order valence-corrected chi connectivity index (χ3v) is 13.9. The highest BCUT2D eigenvalue weighted by Gasteiger charge is 2.51. The first-order valence-electron chi connectivity index (χ1n) is 15.3. The van der Waals surface area contributed by atoms with Crippen LogP contribution in [0.1, 0.15) is 62.9 Å². The molecule has 44 heavy (non-hydrogen) atoms. The maximum atomic E-state index is 13.4. The lowest BCUT2D eigenvalue weighted by atomic mass is 9.92. The van der Waals surface area contributed by atoms with Gasteiger partial charge in [0.15, 0.2) is 0 Å². The second-order valence-corrected chi connectivity index (χ2v) is 16.8. The number of hydrogen-bond acceptors (Lipinski definition) is 5. The molecule has 2 aromatic carbocycles. The van der Waals surface area contributed by atoms with Crippen molar-refractivity contribution in [1.82, 2.24) is 14.5 Å². The number of benzene rings is 2. The lowest BCUT2D eigenvalue weighted by molar-refractivity contribution is 0.102. The molecule has 1 aliphatic rings. The van der Waals surface area contributed by atoms with Crippen LogP contribution in [0.15, 0.2) is 115 Å². The van der Waals surface area contributed by atoms with Crippen LogP contribution in [0.4, 0.5) is 5.69 Å². The third-order valence-electron chi connectivity index (χ3n) is 8.77. The van der Waals surface area contributed by atoms with Crippen molar-refractivity contribution in [3.05, 3.63) is 126 Å². The lowest BCUT2D eigenvalue weighted by Crippen LogP contribution is -2.67. The first kappa shape index (κ1) is 29.7. The average Bonchev–Trinajstić information content (AvgIpc) is 3.05. The Morgan fingerprint density at radius 2 is 1.45 bits per heavy atom. The molecule has 1 saturated carbocycles. The second-order valence-electron chi connectivity index (χ2n) is 12.6. The Hall–Kier alpha value is -4.40. The molecule has 1 amide bonds. The molecule has 8 heteroatoms. The molecule has 0 radical (unpaired) electrons. The number of nitrogens with one attached hydrogen (secondary N) is 1. The molecule has 1 N–H and O–H groups in total. The van der Waals surface area contributed by atoms with Crippen molar-refractivity contribution < 1.29 is 9.22 Å². The molecule has 7 nitrogen and oxygen atoms in total. The summed E-state index contributed by atoms with van der Waals surface area (Å²) >= 11 is 0. The zero-order chi connectivity index (χ0) is 30.7. The van der Waals surface area contributed by atoms with Gasteiger partial charge in [0.2, 0.25) is 5.43 Å². The van der Waals surface area contributed by atoms with Crippen LogP contribution in [0.3, 0.4) is 0 Å². The highest BCUT2D eigenvalue weighted by Crippen LogP contribution is 2.40. The minimum atomic E-state index is -2.67. The summed E-state index contributed by atoms with van der Waals surface area (Å²) in [5.74, 6) is -0.440. The number of carbonyl (C=O) groups is 1. The number of rotatable bonds is 7. The molecule has 6 rings (SSSR count). The predicted molar refractivity (Wildman–Crippen MR) is 178 cm³/mol. The van der Waals surface area contributed by atoms with Gasteiger partial charge in [-0.3, -0.25) is 14.6 Å². The van der Waals surface area contributed by atoms with E-state index in [2.05, 4.69) is 96.7 Å². The number of nitrogens with zero attached hydrogens (tertiary/aromatic N) is 3. The van der Waals surface area contributed by atoms with E-state index < -0.39 is 14.2 Å². The fourth-order valence-electron chi connectivity index (χ4n) is 6.64. The summed E-state index contributed by atoms with van der Waals surface area (Å²) in [7, 11) is -2.67. The van der Waals surface area contributed by atoms with E-state index in [9.17, 15) is 9.59 Å². The van der Waals surface area contributed by atoms with E-state index in [-0.39, 0.29) is 28.2 Å². The zero-order valence-corrected chi connectivity index (χ0v) is 26.4. The summed E-state index contributed by atoms with van der Waals surface area (Å²) in [4.78, 5) is 35.3.